The molecular weight excluding hydrogens is 201 g/mol. The molecule has 0 aliphatic heterocycles. The summed E-state index contributed by atoms with van der Waals surface area (Å²) in [5.41, 5.74) is -1.41. The number of aliphatic hydroxyl groups excluding tert-OH is 1. The molecule has 1 aliphatic carbocycles. The van der Waals surface area contributed by atoms with E-state index in [1.165, 1.54) is 11.3 Å². The molecule has 5 heteroatoms. The summed E-state index contributed by atoms with van der Waals surface area (Å²) in [6.07, 6.45) is 1.97. The number of hydrogen-bond acceptors (Lipinski definition) is 3. The van der Waals surface area contributed by atoms with Gasteiger partial charge < -0.3 is 5.11 Å². The molecule has 2 unspecified atom stereocenters. The standard InChI is InChI=1S/C7H7ClFNOS/c8-6-10-2-5(12-6)4-1-7(4,9)3-11/h2,4,11H,1,3H2. The molecule has 2 rings (SSSR count). The van der Waals surface area contributed by atoms with Gasteiger partial charge in [-0.3, -0.25) is 0 Å². The molecule has 2 atom stereocenters. The Balaban J connectivity index is 2.15. The highest BCUT2D eigenvalue weighted by atomic mass is 35.5. The largest absolute Gasteiger partial charge is 0.393 e. The third kappa shape index (κ3) is 1.24. The fraction of sp³-hybridized carbons (Fsp3) is 0.571. The number of thiazole rings is 1. The predicted octanol–water partition coefficient (Wildman–Crippen LogP) is 1.98. The van der Waals surface area contributed by atoms with Crippen LogP contribution in [-0.2, 0) is 0 Å². The van der Waals surface area contributed by atoms with Gasteiger partial charge in [-0.2, -0.15) is 0 Å². The van der Waals surface area contributed by atoms with Gasteiger partial charge in [0.2, 0.25) is 0 Å². The maximum atomic E-state index is 13.3. The second-order valence-corrected chi connectivity index (χ2v) is 4.61. The summed E-state index contributed by atoms with van der Waals surface area (Å²) >= 11 is 6.87. The first-order chi connectivity index (χ1) is 5.65. The van der Waals surface area contributed by atoms with Crippen molar-refractivity contribution in [3.8, 4) is 0 Å². The maximum absolute atomic E-state index is 13.3. The lowest BCUT2D eigenvalue weighted by atomic mass is 10.3. The summed E-state index contributed by atoms with van der Waals surface area (Å²) in [4.78, 5) is 4.64. The molecular formula is C7H7ClFNOS. The van der Waals surface area contributed by atoms with Crippen LogP contribution in [0.3, 0.4) is 0 Å². The fourth-order valence-electron chi connectivity index (χ4n) is 1.24. The average Bonchev–Trinajstić information content (AvgIpc) is 2.54. The van der Waals surface area contributed by atoms with E-state index in [2.05, 4.69) is 4.98 Å². The van der Waals surface area contributed by atoms with Gasteiger partial charge >= 0.3 is 0 Å². The Labute approximate surface area is 78.0 Å². The molecule has 2 nitrogen and oxygen atoms in total. The zero-order chi connectivity index (χ0) is 8.77. The lowest BCUT2D eigenvalue weighted by Gasteiger charge is -1.98. The molecule has 0 amide bonds. The minimum atomic E-state index is -1.41. The Hall–Kier alpha value is -0.190. The molecule has 0 radical (unpaired) electrons. The van der Waals surface area contributed by atoms with Crippen LogP contribution in [-0.4, -0.2) is 22.4 Å². The Morgan fingerprint density at radius 3 is 3.08 bits per heavy atom. The predicted molar refractivity (Wildman–Crippen MR) is 45.4 cm³/mol. The van der Waals surface area contributed by atoms with Crippen molar-refractivity contribution in [3.05, 3.63) is 15.5 Å². The van der Waals surface area contributed by atoms with Gasteiger partial charge in [0.1, 0.15) is 5.67 Å². The monoisotopic (exact) mass is 207 g/mol. The first-order valence-electron chi connectivity index (χ1n) is 3.57. The number of hydrogen-bond donors (Lipinski definition) is 1. The summed E-state index contributed by atoms with van der Waals surface area (Å²) in [6.45, 7) is -0.410. The summed E-state index contributed by atoms with van der Waals surface area (Å²) in [5, 5.41) is 8.68. The van der Waals surface area contributed by atoms with Crippen molar-refractivity contribution in [2.45, 2.75) is 18.0 Å². The fourth-order valence-corrected chi connectivity index (χ4v) is 2.39. The second kappa shape index (κ2) is 2.65. The topological polar surface area (TPSA) is 33.1 Å². The molecule has 1 N–H and O–H groups in total. The van der Waals surface area contributed by atoms with Crippen molar-refractivity contribution < 1.29 is 9.50 Å². The Bertz CT molecular complexity index is 305. The lowest BCUT2D eigenvalue weighted by molar-refractivity contribution is 0.155. The van der Waals surface area contributed by atoms with E-state index in [1.807, 2.05) is 0 Å². The van der Waals surface area contributed by atoms with E-state index in [-0.39, 0.29) is 5.92 Å². The quantitative estimate of drug-likeness (QED) is 0.805. The van der Waals surface area contributed by atoms with Crippen LogP contribution in [0.15, 0.2) is 6.20 Å². The lowest BCUT2D eigenvalue weighted by Crippen LogP contribution is -2.08. The number of aliphatic hydroxyl groups is 1. The minimum absolute atomic E-state index is 0.188. The van der Waals surface area contributed by atoms with Crippen molar-refractivity contribution in [3.63, 3.8) is 0 Å². The zero-order valence-corrected chi connectivity index (χ0v) is 7.70. The number of aromatic nitrogens is 1. The summed E-state index contributed by atoms with van der Waals surface area (Å²) < 4.78 is 13.7. The highest BCUT2D eigenvalue weighted by Crippen LogP contribution is 2.55. The summed E-state index contributed by atoms with van der Waals surface area (Å²) in [5.74, 6) is -0.188. The van der Waals surface area contributed by atoms with Crippen LogP contribution in [0.1, 0.15) is 17.2 Å². The van der Waals surface area contributed by atoms with Gasteiger partial charge in [0.15, 0.2) is 4.47 Å². The van der Waals surface area contributed by atoms with E-state index in [0.29, 0.717) is 10.9 Å². The third-order valence-electron chi connectivity index (χ3n) is 2.11. The van der Waals surface area contributed by atoms with Gasteiger partial charge in [-0.05, 0) is 6.42 Å². The molecule has 1 heterocycles. The maximum Gasteiger partial charge on any atom is 0.183 e. The van der Waals surface area contributed by atoms with E-state index < -0.39 is 12.3 Å². The van der Waals surface area contributed by atoms with E-state index >= 15 is 0 Å². The molecule has 1 aliphatic rings. The molecule has 1 aromatic rings. The molecule has 66 valence electrons. The van der Waals surface area contributed by atoms with Gasteiger partial charge in [-0.15, -0.1) is 11.3 Å². The van der Waals surface area contributed by atoms with Crippen LogP contribution < -0.4 is 0 Å². The summed E-state index contributed by atoms with van der Waals surface area (Å²) in [6, 6.07) is 0. The first kappa shape index (κ1) is 8.41. The van der Waals surface area contributed by atoms with E-state index in [9.17, 15) is 4.39 Å². The SMILES string of the molecule is OCC1(F)CC1c1cnc(Cl)s1. The van der Waals surface area contributed by atoms with Crippen LogP contribution in [0.25, 0.3) is 0 Å². The molecule has 1 fully saturated rings. The highest BCUT2D eigenvalue weighted by molar-refractivity contribution is 7.15. The third-order valence-corrected chi connectivity index (χ3v) is 3.34. The molecule has 0 bridgehead atoms. The minimum Gasteiger partial charge on any atom is -0.393 e. The average molecular weight is 208 g/mol. The van der Waals surface area contributed by atoms with Crippen LogP contribution in [0.4, 0.5) is 4.39 Å². The van der Waals surface area contributed by atoms with Crippen molar-refractivity contribution in [2.24, 2.45) is 0 Å². The first-order valence-corrected chi connectivity index (χ1v) is 4.76. The zero-order valence-electron chi connectivity index (χ0n) is 6.13. The molecule has 0 spiro atoms. The van der Waals surface area contributed by atoms with Crippen molar-refractivity contribution in [1.29, 1.82) is 0 Å². The van der Waals surface area contributed by atoms with E-state index in [0.717, 1.165) is 4.88 Å². The Kier molecular flexibility index (Phi) is 1.86. The normalized spacial score (nSPS) is 33.8. The number of rotatable bonds is 2. The Morgan fingerprint density at radius 2 is 2.67 bits per heavy atom. The number of alkyl halides is 1. The van der Waals surface area contributed by atoms with Crippen molar-refractivity contribution in [1.82, 2.24) is 4.98 Å². The van der Waals surface area contributed by atoms with Gasteiger partial charge in [0.05, 0.1) is 6.61 Å². The van der Waals surface area contributed by atoms with Crippen LogP contribution >= 0.6 is 22.9 Å². The van der Waals surface area contributed by atoms with Crippen LogP contribution in [0.2, 0.25) is 4.47 Å². The van der Waals surface area contributed by atoms with E-state index in [1.54, 1.807) is 6.20 Å². The van der Waals surface area contributed by atoms with E-state index in [4.69, 9.17) is 16.7 Å². The smallest absolute Gasteiger partial charge is 0.183 e. The molecule has 12 heavy (non-hydrogen) atoms. The van der Waals surface area contributed by atoms with Crippen LogP contribution in [0.5, 0.6) is 0 Å². The van der Waals surface area contributed by atoms with Crippen molar-refractivity contribution in [2.75, 3.05) is 6.61 Å². The highest BCUT2D eigenvalue weighted by Gasteiger charge is 2.56. The molecule has 1 saturated carbocycles. The van der Waals surface area contributed by atoms with Gasteiger partial charge in [0.25, 0.3) is 0 Å². The number of halogens is 2. The van der Waals surface area contributed by atoms with Crippen LogP contribution in [0, 0.1) is 0 Å². The summed E-state index contributed by atoms with van der Waals surface area (Å²) in [7, 11) is 0. The Morgan fingerprint density at radius 1 is 1.92 bits per heavy atom. The molecule has 1 aromatic heterocycles. The molecule has 0 saturated heterocycles. The van der Waals surface area contributed by atoms with Gasteiger partial charge in [0, 0.05) is 17.0 Å². The molecule has 0 aromatic carbocycles. The number of nitrogens with zero attached hydrogens (tertiary/aromatic N) is 1. The van der Waals surface area contributed by atoms with Gasteiger partial charge in [-0.25, -0.2) is 9.37 Å². The second-order valence-electron chi connectivity index (χ2n) is 2.97. The van der Waals surface area contributed by atoms with Crippen molar-refractivity contribution >= 4 is 22.9 Å². The van der Waals surface area contributed by atoms with Gasteiger partial charge in [-0.1, -0.05) is 11.6 Å².